The minimum atomic E-state index is 0. The van der Waals surface area contributed by atoms with Crippen molar-refractivity contribution < 1.29 is 4.79 Å². The molecule has 0 bridgehead atoms. The number of carbonyl (C=O) groups is 1. The van der Waals surface area contributed by atoms with Crippen molar-refractivity contribution in [3.8, 4) is 0 Å². The Morgan fingerprint density at radius 1 is 1.41 bits per heavy atom. The minimum absolute atomic E-state index is 0. The van der Waals surface area contributed by atoms with E-state index in [2.05, 4.69) is 5.32 Å². The molecule has 1 aromatic rings. The Labute approximate surface area is 148 Å². The Morgan fingerprint density at radius 3 is 2.68 bits per heavy atom. The van der Waals surface area contributed by atoms with E-state index < -0.39 is 0 Å². The summed E-state index contributed by atoms with van der Waals surface area (Å²) in [5, 5.41) is 3.75. The van der Waals surface area contributed by atoms with E-state index in [9.17, 15) is 4.79 Å². The summed E-state index contributed by atoms with van der Waals surface area (Å²) in [6, 6.07) is 5.68. The van der Waals surface area contributed by atoms with E-state index in [0.717, 1.165) is 43.3 Å². The molecule has 0 aromatic heterocycles. The van der Waals surface area contributed by atoms with E-state index in [0.29, 0.717) is 10.6 Å². The highest BCUT2D eigenvalue weighted by Crippen LogP contribution is 2.26. The van der Waals surface area contributed by atoms with Gasteiger partial charge >= 0.3 is 0 Å². The van der Waals surface area contributed by atoms with Gasteiger partial charge in [-0.15, -0.1) is 24.2 Å². The fraction of sp³-hybridized carbons (Fsp3) is 0.562. The van der Waals surface area contributed by atoms with Crippen LogP contribution in [-0.4, -0.2) is 43.7 Å². The molecule has 22 heavy (non-hydrogen) atoms. The van der Waals surface area contributed by atoms with Crippen LogP contribution in [0.2, 0.25) is 5.02 Å². The SMILES string of the molecule is CNCCC1CCN(C(=O)c2cc(SC)ccc2Cl)CC1.Cl. The van der Waals surface area contributed by atoms with E-state index >= 15 is 0 Å². The van der Waals surface area contributed by atoms with Crippen LogP contribution in [0.5, 0.6) is 0 Å². The highest BCUT2D eigenvalue weighted by atomic mass is 35.5. The predicted molar refractivity (Wildman–Crippen MR) is 97.7 cm³/mol. The number of thioether (sulfide) groups is 1. The second-order valence-electron chi connectivity index (χ2n) is 5.47. The molecule has 6 heteroatoms. The molecule has 1 aliphatic heterocycles. The zero-order valence-corrected chi connectivity index (χ0v) is 15.5. The summed E-state index contributed by atoms with van der Waals surface area (Å²) in [7, 11) is 1.99. The van der Waals surface area contributed by atoms with Gasteiger partial charge in [0.1, 0.15) is 0 Å². The summed E-state index contributed by atoms with van der Waals surface area (Å²) in [5.41, 5.74) is 0.636. The molecule has 1 aromatic carbocycles. The molecule has 1 N–H and O–H groups in total. The lowest BCUT2D eigenvalue weighted by atomic mass is 9.93. The van der Waals surface area contributed by atoms with Gasteiger partial charge in [0.25, 0.3) is 5.91 Å². The van der Waals surface area contributed by atoms with Crippen molar-refractivity contribution in [3.05, 3.63) is 28.8 Å². The predicted octanol–water partition coefficient (Wildman–Crippen LogP) is 3.95. The zero-order chi connectivity index (χ0) is 15.2. The maximum atomic E-state index is 12.6. The van der Waals surface area contributed by atoms with E-state index in [4.69, 9.17) is 11.6 Å². The quantitative estimate of drug-likeness (QED) is 0.804. The number of halogens is 2. The second-order valence-corrected chi connectivity index (χ2v) is 6.76. The topological polar surface area (TPSA) is 32.3 Å². The monoisotopic (exact) mass is 362 g/mol. The largest absolute Gasteiger partial charge is 0.339 e. The van der Waals surface area contributed by atoms with Crippen molar-refractivity contribution in [2.45, 2.75) is 24.2 Å². The average Bonchev–Trinajstić information content (AvgIpc) is 2.53. The Balaban J connectivity index is 0.00000242. The van der Waals surface area contributed by atoms with Crippen molar-refractivity contribution >= 4 is 41.7 Å². The Hall–Kier alpha value is -0.420. The van der Waals surface area contributed by atoms with E-state index in [1.165, 1.54) is 6.42 Å². The van der Waals surface area contributed by atoms with E-state index in [1.54, 1.807) is 11.8 Å². The molecule has 0 aliphatic carbocycles. The van der Waals surface area contributed by atoms with Crippen LogP contribution >= 0.6 is 35.8 Å². The first-order chi connectivity index (χ1) is 10.2. The highest BCUT2D eigenvalue weighted by Gasteiger charge is 2.24. The van der Waals surface area contributed by atoms with Crippen LogP contribution in [0.15, 0.2) is 23.1 Å². The van der Waals surface area contributed by atoms with Crippen LogP contribution in [0.25, 0.3) is 0 Å². The number of hydrogen-bond donors (Lipinski definition) is 1. The number of carbonyl (C=O) groups excluding carboxylic acids is 1. The lowest BCUT2D eigenvalue weighted by molar-refractivity contribution is 0.0687. The summed E-state index contributed by atoms with van der Waals surface area (Å²) in [4.78, 5) is 15.7. The van der Waals surface area contributed by atoms with Crippen molar-refractivity contribution in [2.24, 2.45) is 5.92 Å². The molecule has 0 atom stereocenters. The van der Waals surface area contributed by atoms with E-state index in [1.807, 2.05) is 36.4 Å². The van der Waals surface area contributed by atoms with Crippen molar-refractivity contribution in [2.75, 3.05) is 32.9 Å². The van der Waals surface area contributed by atoms with Gasteiger partial charge in [-0.25, -0.2) is 0 Å². The fourth-order valence-corrected chi connectivity index (χ4v) is 3.38. The highest BCUT2D eigenvalue weighted by molar-refractivity contribution is 7.98. The third-order valence-electron chi connectivity index (χ3n) is 4.11. The van der Waals surface area contributed by atoms with Crippen LogP contribution < -0.4 is 5.32 Å². The molecule has 1 saturated heterocycles. The summed E-state index contributed by atoms with van der Waals surface area (Å²) in [6.07, 6.45) is 5.38. The smallest absolute Gasteiger partial charge is 0.255 e. The van der Waals surface area contributed by atoms with Gasteiger partial charge in [0.2, 0.25) is 0 Å². The third-order valence-corrected chi connectivity index (χ3v) is 5.16. The molecule has 1 heterocycles. The molecule has 0 unspecified atom stereocenters. The molecule has 0 radical (unpaired) electrons. The summed E-state index contributed by atoms with van der Waals surface area (Å²) in [6.45, 7) is 2.74. The molecular formula is C16H24Cl2N2OS. The number of likely N-dealkylation sites (tertiary alicyclic amines) is 1. The standard InChI is InChI=1S/C16H23ClN2OS.ClH/c1-18-8-5-12-6-9-19(10-7-12)16(20)14-11-13(21-2)3-4-15(14)17;/h3-4,11-12,18H,5-10H2,1-2H3;1H. The van der Waals surface area contributed by atoms with Crippen LogP contribution in [0.1, 0.15) is 29.6 Å². The number of nitrogens with one attached hydrogen (secondary N) is 1. The lowest BCUT2D eigenvalue weighted by Gasteiger charge is -2.32. The van der Waals surface area contributed by atoms with Gasteiger partial charge in [-0.2, -0.15) is 0 Å². The van der Waals surface area contributed by atoms with Gasteiger partial charge in [-0.1, -0.05) is 11.6 Å². The van der Waals surface area contributed by atoms with Gasteiger partial charge in [-0.05, 0) is 63.2 Å². The summed E-state index contributed by atoms with van der Waals surface area (Å²) < 4.78 is 0. The second kappa shape index (κ2) is 9.66. The first kappa shape index (κ1) is 19.6. The number of nitrogens with zero attached hydrogens (tertiary/aromatic N) is 1. The molecule has 2 rings (SSSR count). The van der Waals surface area contributed by atoms with Gasteiger partial charge in [-0.3, -0.25) is 4.79 Å². The van der Waals surface area contributed by atoms with Crippen LogP contribution in [0, 0.1) is 5.92 Å². The Bertz CT molecular complexity index is 491. The molecule has 3 nitrogen and oxygen atoms in total. The van der Waals surface area contributed by atoms with Gasteiger partial charge in [0, 0.05) is 18.0 Å². The fourth-order valence-electron chi connectivity index (χ4n) is 2.74. The number of hydrogen-bond acceptors (Lipinski definition) is 3. The number of rotatable bonds is 5. The van der Waals surface area contributed by atoms with Crippen LogP contribution in [-0.2, 0) is 0 Å². The molecular weight excluding hydrogens is 339 g/mol. The summed E-state index contributed by atoms with van der Waals surface area (Å²) in [5.74, 6) is 0.803. The normalized spacial score (nSPS) is 15.5. The Kier molecular flexibility index (Phi) is 8.62. The lowest BCUT2D eigenvalue weighted by Crippen LogP contribution is -2.39. The van der Waals surface area contributed by atoms with Crippen molar-refractivity contribution in [3.63, 3.8) is 0 Å². The first-order valence-electron chi connectivity index (χ1n) is 7.43. The van der Waals surface area contributed by atoms with Gasteiger partial charge in [0.05, 0.1) is 10.6 Å². The molecule has 1 fully saturated rings. The number of piperidine rings is 1. The zero-order valence-electron chi connectivity index (χ0n) is 13.1. The van der Waals surface area contributed by atoms with Crippen LogP contribution in [0.3, 0.4) is 0 Å². The third kappa shape index (κ3) is 5.05. The number of amides is 1. The van der Waals surface area contributed by atoms with Crippen molar-refractivity contribution in [1.82, 2.24) is 10.2 Å². The van der Waals surface area contributed by atoms with Crippen molar-refractivity contribution in [1.29, 1.82) is 0 Å². The maximum absolute atomic E-state index is 12.6. The number of benzene rings is 1. The van der Waals surface area contributed by atoms with Gasteiger partial charge in [0.15, 0.2) is 0 Å². The Morgan fingerprint density at radius 2 is 2.09 bits per heavy atom. The van der Waals surface area contributed by atoms with Crippen LogP contribution in [0.4, 0.5) is 0 Å². The summed E-state index contributed by atoms with van der Waals surface area (Å²) >= 11 is 7.83. The molecule has 1 amide bonds. The van der Waals surface area contributed by atoms with Gasteiger partial charge < -0.3 is 10.2 Å². The minimum Gasteiger partial charge on any atom is -0.339 e. The van der Waals surface area contributed by atoms with E-state index in [-0.39, 0.29) is 18.3 Å². The molecule has 0 spiro atoms. The molecule has 0 saturated carbocycles. The molecule has 1 aliphatic rings. The average molecular weight is 363 g/mol. The first-order valence-corrected chi connectivity index (χ1v) is 9.03. The maximum Gasteiger partial charge on any atom is 0.255 e. The molecule has 124 valence electrons.